The molecular formula is C13H19NO2. The van der Waals surface area contributed by atoms with Gasteiger partial charge in [0.25, 0.3) is 0 Å². The van der Waals surface area contributed by atoms with Crippen molar-refractivity contribution in [2.75, 3.05) is 0 Å². The van der Waals surface area contributed by atoms with Gasteiger partial charge in [-0.05, 0) is 30.9 Å². The van der Waals surface area contributed by atoms with Gasteiger partial charge in [0.2, 0.25) is 0 Å². The summed E-state index contributed by atoms with van der Waals surface area (Å²) in [5, 5.41) is 22.7. The maximum atomic E-state index is 9.74. The lowest BCUT2D eigenvalue weighted by Gasteiger charge is -2.27. The molecule has 0 fully saturated rings. The molecule has 0 aromatic heterocycles. The molecule has 1 aliphatic carbocycles. The minimum Gasteiger partial charge on any atom is -0.504 e. The molecule has 0 bridgehead atoms. The lowest BCUT2D eigenvalue weighted by atomic mass is 9.87. The van der Waals surface area contributed by atoms with Crippen LogP contribution in [0, 0.1) is 0 Å². The molecule has 0 heterocycles. The van der Waals surface area contributed by atoms with Crippen LogP contribution in [0.2, 0.25) is 0 Å². The fraction of sp³-hybridized carbons (Fsp3) is 0.538. The first-order valence-corrected chi connectivity index (χ1v) is 5.86. The smallest absolute Gasteiger partial charge is 0.160 e. The monoisotopic (exact) mass is 221 g/mol. The molecule has 88 valence electrons. The van der Waals surface area contributed by atoms with E-state index < -0.39 is 0 Å². The summed E-state index contributed by atoms with van der Waals surface area (Å²) in [5.74, 6) is 0.0644. The number of hydrogen-bond acceptors (Lipinski definition) is 3. The highest BCUT2D eigenvalue weighted by molar-refractivity contribution is 5.50. The standard InChI is InChI=1S/C13H19NO2/c1-8(2)14-10-4-5-11-9(7-10)3-6-12(15)13(11)16/h3,6,8,10,14-16H,4-5,7H2,1-2H3. The summed E-state index contributed by atoms with van der Waals surface area (Å²) in [6, 6.07) is 4.46. The molecule has 3 heteroatoms. The third-order valence-electron chi connectivity index (χ3n) is 3.14. The van der Waals surface area contributed by atoms with Crippen LogP contribution in [0.15, 0.2) is 12.1 Å². The molecule has 1 aromatic carbocycles. The Bertz CT molecular complexity index is 388. The average Bonchev–Trinajstić information content (AvgIpc) is 2.23. The lowest BCUT2D eigenvalue weighted by molar-refractivity contribution is 0.382. The SMILES string of the molecule is CC(C)NC1CCc2c(ccc(O)c2O)C1. The minimum absolute atomic E-state index is 0.00554. The molecule has 1 unspecified atom stereocenters. The van der Waals surface area contributed by atoms with Crippen molar-refractivity contribution >= 4 is 0 Å². The fourth-order valence-corrected chi connectivity index (χ4v) is 2.44. The van der Waals surface area contributed by atoms with Crippen LogP contribution >= 0.6 is 0 Å². The third kappa shape index (κ3) is 2.14. The van der Waals surface area contributed by atoms with Crippen LogP contribution in [0.5, 0.6) is 11.5 Å². The Kier molecular flexibility index (Phi) is 3.06. The van der Waals surface area contributed by atoms with Crippen LogP contribution in [0.25, 0.3) is 0 Å². The Morgan fingerprint density at radius 1 is 1.31 bits per heavy atom. The lowest BCUT2D eigenvalue weighted by Crippen LogP contribution is -2.38. The summed E-state index contributed by atoms with van der Waals surface area (Å²) in [6.07, 6.45) is 2.78. The zero-order chi connectivity index (χ0) is 11.7. The van der Waals surface area contributed by atoms with Gasteiger partial charge in [-0.15, -0.1) is 0 Å². The van der Waals surface area contributed by atoms with E-state index in [0.29, 0.717) is 12.1 Å². The van der Waals surface area contributed by atoms with Gasteiger partial charge < -0.3 is 15.5 Å². The molecule has 0 aliphatic heterocycles. The van der Waals surface area contributed by atoms with Crippen LogP contribution < -0.4 is 5.32 Å². The molecule has 0 spiro atoms. The van der Waals surface area contributed by atoms with Gasteiger partial charge >= 0.3 is 0 Å². The normalized spacial score (nSPS) is 19.8. The van der Waals surface area contributed by atoms with Crippen LogP contribution in [-0.4, -0.2) is 22.3 Å². The Labute approximate surface area is 96.1 Å². The summed E-state index contributed by atoms with van der Waals surface area (Å²) in [5.41, 5.74) is 2.07. The van der Waals surface area contributed by atoms with Gasteiger partial charge in [0, 0.05) is 17.6 Å². The van der Waals surface area contributed by atoms with E-state index in [0.717, 1.165) is 30.4 Å². The van der Waals surface area contributed by atoms with Gasteiger partial charge in [-0.2, -0.15) is 0 Å². The molecule has 1 aliphatic rings. The number of aromatic hydroxyl groups is 2. The van der Waals surface area contributed by atoms with Crippen LogP contribution in [0.1, 0.15) is 31.4 Å². The van der Waals surface area contributed by atoms with Gasteiger partial charge in [-0.3, -0.25) is 0 Å². The van der Waals surface area contributed by atoms with Crippen molar-refractivity contribution in [1.29, 1.82) is 0 Å². The Morgan fingerprint density at radius 2 is 2.06 bits per heavy atom. The van der Waals surface area contributed by atoms with E-state index in [4.69, 9.17) is 0 Å². The fourth-order valence-electron chi connectivity index (χ4n) is 2.44. The first-order chi connectivity index (χ1) is 7.58. The molecule has 2 rings (SSSR count). The van der Waals surface area contributed by atoms with Crippen LogP contribution in [0.4, 0.5) is 0 Å². The molecular weight excluding hydrogens is 202 g/mol. The second-order valence-corrected chi connectivity index (χ2v) is 4.83. The number of phenolic OH excluding ortho intramolecular Hbond substituents is 2. The van der Waals surface area contributed by atoms with E-state index in [-0.39, 0.29) is 11.5 Å². The first kappa shape index (κ1) is 11.3. The number of hydrogen-bond donors (Lipinski definition) is 3. The summed E-state index contributed by atoms with van der Waals surface area (Å²) >= 11 is 0. The largest absolute Gasteiger partial charge is 0.504 e. The molecule has 3 N–H and O–H groups in total. The second kappa shape index (κ2) is 4.34. The molecule has 3 nitrogen and oxygen atoms in total. The summed E-state index contributed by atoms with van der Waals surface area (Å²) in [7, 11) is 0. The maximum Gasteiger partial charge on any atom is 0.160 e. The van der Waals surface area contributed by atoms with Crippen molar-refractivity contribution in [1.82, 2.24) is 5.32 Å². The van der Waals surface area contributed by atoms with Crippen LogP contribution in [0.3, 0.4) is 0 Å². The summed E-state index contributed by atoms with van der Waals surface area (Å²) in [6.45, 7) is 4.29. The van der Waals surface area contributed by atoms with E-state index in [1.165, 1.54) is 0 Å². The second-order valence-electron chi connectivity index (χ2n) is 4.83. The molecule has 16 heavy (non-hydrogen) atoms. The molecule has 1 atom stereocenters. The Morgan fingerprint density at radius 3 is 2.75 bits per heavy atom. The van der Waals surface area contributed by atoms with Crippen molar-refractivity contribution in [3.05, 3.63) is 23.3 Å². The van der Waals surface area contributed by atoms with Gasteiger partial charge in [0.15, 0.2) is 11.5 Å². The third-order valence-corrected chi connectivity index (χ3v) is 3.14. The summed E-state index contributed by atoms with van der Waals surface area (Å²) in [4.78, 5) is 0. The van der Waals surface area contributed by atoms with E-state index in [1.54, 1.807) is 6.07 Å². The number of fused-ring (bicyclic) bond motifs is 1. The van der Waals surface area contributed by atoms with Gasteiger partial charge in [0.05, 0.1) is 0 Å². The highest BCUT2D eigenvalue weighted by Crippen LogP contribution is 2.35. The number of phenols is 2. The molecule has 0 radical (unpaired) electrons. The molecule has 0 amide bonds. The van der Waals surface area contributed by atoms with E-state index >= 15 is 0 Å². The minimum atomic E-state index is -0.00554. The van der Waals surface area contributed by atoms with Gasteiger partial charge in [-0.1, -0.05) is 19.9 Å². The maximum absolute atomic E-state index is 9.74. The predicted octanol–water partition coefficient (Wildman–Crippen LogP) is 1.95. The van der Waals surface area contributed by atoms with Gasteiger partial charge in [-0.25, -0.2) is 0 Å². The highest BCUT2D eigenvalue weighted by atomic mass is 16.3. The van der Waals surface area contributed by atoms with E-state index in [1.807, 2.05) is 6.07 Å². The summed E-state index contributed by atoms with van der Waals surface area (Å²) < 4.78 is 0. The van der Waals surface area contributed by atoms with Crippen molar-refractivity contribution in [3.8, 4) is 11.5 Å². The van der Waals surface area contributed by atoms with Crippen molar-refractivity contribution in [2.45, 2.75) is 45.2 Å². The predicted molar refractivity (Wildman–Crippen MR) is 63.9 cm³/mol. The number of nitrogens with one attached hydrogen (secondary N) is 1. The average molecular weight is 221 g/mol. The topological polar surface area (TPSA) is 52.5 Å². The molecule has 0 saturated heterocycles. The van der Waals surface area contributed by atoms with Crippen LogP contribution in [-0.2, 0) is 12.8 Å². The molecule has 0 saturated carbocycles. The Balaban J connectivity index is 2.19. The highest BCUT2D eigenvalue weighted by Gasteiger charge is 2.22. The molecule has 1 aromatic rings. The van der Waals surface area contributed by atoms with E-state index in [2.05, 4.69) is 19.2 Å². The quantitative estimate of drug-likeness (QED) is 0.669. The van der Waals surface area contributed by atoms with Crippen molar-refractivity contribution in [2.24, 2.45) is 0 Å². The first-order valence-electron chi connectivity index (χ1n) is 5.86. The zero-order valence-electron chi connectivity index (χ0n) is 9.83. The van der Waals surface area contributed by atoms with Gasteiger partial charge in [0.1, 0.15) is 0 Å². The van der Waals surface area contributed by atoms with Crippen molar-refractivity contribution < 1.29 is 10.2 Å². The Hall–Kier alpha value is -1.22. The number of benzene rings is 1. The zero-order valence-corrected chi connectivity index (χ0v) is 9.83. The van der Waals surface area contributed by atoms with Crippen molar-refractivity contribution in [3.63, 3.8) is 0 Å². The van der Waals surface area contributed by atoms with E-state index in [9.17, 15) is 10.2 Å². The number of rotatable bonds is 2.